The van der Waals surface area contributed by atoms with Gasteiger partial charge in [0, 0.05) is 11.1 Å². The van der Waals surface area contributed by atoms with E-state index in [1.807, 2.05) is 12.1 Å². The third kappa shape index (κ3) is 4.77. The maximum absolute atomic E-state index is 3.40. The molecule has 21 heavy (non-hydrogen) atoms. The van der Waals surface area contributed by atoms with Crippen LogP contribution in [0.1, 0.15) is 16.7 Å². The first-order valence-electron chi connectivity index (χ1n) is 7.32. The average Bonchev–Trinajstić information content (AvgIpc) is 2.45. The summed E-state index contributed by atoms with van der Waals surface area (Å²) in [5.41, 5.74) is 7.08. The van der Waals surface area contributed by atoms with Crippen LogP contribution < -0.4 is 0 Å². The fourth-order valence-corrected chi connectivity index (χ4v) is 3.19. The topological polar surface area (TPSA) is 0 Å². The highest BCUT2D eigenvalue weighted by Gasteiger charge is 2.11. The zero-order chi connectivity index (χ0) is 15.3. The van der Waals surface area contributed by atoms with Gasteiger partial charge in [-0.25, -0.2) is 0 Å². The Morgan fingerprint density at radius 1 is 0.905 bits per heavy atom. The van der Waals surface area contributed by atoms with Crippen molar-refractivity contribution in [1.82, 2.24) is 0 Å². The minimum absolute atomic E-state index is 1.11. The Labute approximate surface area is 129 Å². The molecule has 0 amide bonds. The van der Waals surface area contributed by atoms with E-state index < -0.39 is 8.07 Å². The Bertz CT molecular complexity index is 692. The summed E-state index contributed by atoms with van der Waals surface area (Å²) >= 11 is 0. The highest BCUT2D eigenvalue weighted by atomic mass is 28.3. The van der Waals surface area contributed by atoms with E-state index in [0.29, 0.717) is 0 Å². The summed E-state index contributed by atoms with van der Waals surface area (Å²) in [5, 5.41) is 0. The molecule has 106 valence electrons. The average molecular weight is 290 g/mol. The van der Waals surface area contributed by atoms with Crippen LogP contribution in [0.5, 0.6) is 0 Å². The third-order valence-electron chi connectivity index (χ3n) is 3.14. The van der Waals surface area contributed by atoms with Crippen molar-refractivity contribution >= 4 is 13.6 Å². The molecule has 0 spiro atoms. The first-order chi connectivity index (χ1) is 9.96. The molecule has 0 aromatic heterocycles. The van der Waals surface area contributed by atoms with Gasteiger partial charge in [-0.05, 0) is 24.1 Å². The van der Waals surface area contributed by atoms with E-state index in [4.69, 9.17) is 0 Å². The number of hydrogen-bond donors (Lipinski definition) is 0. The molecule has 0 N–H and O–H groups in total. The molecule has 1 heteroatoms. The predicted molar refractivity (Wildman–Crippen MR) is 95.8 cm³/mol. The van der Waals surface area contributed by atoms with Crippen molar-refractivity contribution in [3.05, 3.63) is 77.0 Å². The van der Waals surface area contributed by atoms with E-state index in [-0.39, 0.29) is 0 Å². The quantitative estimate of drug-likeness (QED) is 0.519. The normalized spacial score (nSPS) is 11.7. The van der Waals surface area contributed by atoms with E-state index in [1.54, 1.807) is 0 Å². The van der Waals surface area contributed by atoms with Crippen LogP contribution in [0.4, 0.5) is 0 Å². The fraction of sp³-hybridized carbons (Fsp3) is 0.200. The number of rotatable bonds is 2. The highest BCUT2D eigenvalue weighted by Crippen LogP contribution is 2.18. The summed E-state index contributed by atoms with van der Waals surface area (Å²) < 4.78 is 0. The first-order valence-corrected chi connectivity index (χ1v) is 10.9. The highest BCUT2D eigenvalue weighted by molar-refractivity contribution is 6.81. The van der Waals surface area contributed by atoms with Gasteiger partial charge in [0.05, 0.1) is 8.07 Å². The maximum Gasteiger partial charge on any atom is 0.0703 e. The van der Waals surface area contributed by atoms with Gasteiger partial charge < -0.3 is 0 Å². The second-order valence-corrected chi connectivity index (χ2v) is 11.4. The van der Waals surface area contributed by atoms with Crippen molar-refractivity contribution in [1.29, 1.82) is 0 Å². The van der Waals surface area contributed by atoms with E-state index in [9.17, 15) is 0 Å². The second-order valence-electron chi connectivity index (χ2n) is 6.35. The van der Waals surface area contributed by atoms with Crippen LogP contribution in [0.25, 0.3) is 5.57 Å². The summed E-state index contributed by atoms with van der Waals surface area (Å²) in [6.45, 7) is 9.12. The lowest BCUT2D eigenvalue weighted by Gasteiger charge is -2.11. The summed E-state index contributed by atoms with van der Waals surface area (Å²) in [7, 11) is -1.32. The molecule has 0 bridgehead atoms. The van der Waals surface area contributed by atoms with Gasteiger partial charge >= 0.3 is 0 Å². The van der Waals surface area contributed by atoms with Gasteiger partial charge in [-0.3, -0.25) is 0 Å². The SMILES string of the molecule is Cc1ccccc1C#CC(=C[Si](C)(C)C)c1ccccc1. The molecule has 0 atom stereocenters. The minimum Gasteiger partial charge on any atom is -0.0790 e. The molecule has 0 saturated heterocycles. The number of benzene rings is 2. The third-order valence-corrected chi connectivity index (χ3v) is 4.29. The molecule has 0 aliphatic carbocycles. The van der Waals surface area contributed by atoms with E-state index in [2.05, 4.69) is 86.6 Å². The zero-order valence-corrected chi connectivity index (χ0v) is 14.3. The lowest BCUT2D eigenvalue weighted by molar-refractivity contribution is 1.44. The second kappa shape index (κ2) is 6.61. The fourth-order valence-electron chi connectivity index (χ4n) is 2.09. The minimum atomic E-state index is -1.32. The van der Waals surface area contributed by atoms with Crippen LogP contribution in [0.2, 0.25) is 19.6 Å². The number of aryl methyl sites for hydroxylation is 1. The molecule has 0 unspecified atom stereocenters. The Morgan fingerprint density at radius 3 is 2.14 bits per heavy atom. The monoisotopic (exact) mass is 290 g/mol. The largest absolute Gasteiger partial charge is 0.0790 e. The number of hydrogen-bond acceptors (Lipinski definition) is 0. The van der Waals surface area contributed by atoms with Gasteiger partial charge in [-0.15, -0.1) is 0 Å². The predicted octanol–water partition coefficient (Wildman–Crippen LogP) is 5.31. The Kier molecular flexibility index (Phi) is 4.83. The Balaban J connectivity index is 2.45. The van der Waals surface area contributed by atoms with Crippen molar-refractivity contribution in [2.45, 2.75) is 26.6 Å². The standard InChI is InChI=1S/C20H22Si/c1-17-10-8-9-11-18(17)14-15-20(16-21(2,3)4)19-12-6-5-7-13-19/h5-13,16H,1-4H3. The van der Waals surface area contributed by atoms with Crippen molar-refractivity contribution in [2.24, 2.45) is 0 Å². The Morgan fingerprint density at radius 2 is 1.52 bits per heavy atom. The molecule has 0 fully saturated rings. The molecule has 0 nitrogen and oxygen atoms in total. The van der Waals surface area contributed by atoms with Crippen LogP contribution in [0.15, 0.2) is 60.3 Å². The van der Waals surface area contributed by atoms with Crippen molar-refractivity contribution in [3.63, 3.8) is 0 Å². The van der Waals surface area contributed by atoms with Crippen LogP contribution in [-0.2, 0) is 0 Å². The molecule has 2 aromatic rings. The van der Waals surface area contributed by atoms with Gasteiger partial charge in [0.15, 0.2) is 0 Å². The van der Waals surface area contributed by atoms with Crippen LogP contribution in [-0.4, -0.2) is 8.07 Å². The first kappa shape index (κ1) is 15.3. The van der Waals surface area contributed by atoms with Crippen LogP contribution >= 0.6 is 0 Å². The van der Waals surface area contributed by atoms with Crippen molar-refractivity contribution in [3.8, 4) is 11.8 Å². The summed E-state index contributed by atoms with van der Waals surface area (Å²) in [6.07, 6.45) is 0. The van der Waals surface area contributed by atoms with Crippen LogP contribution in [0.3, 0.4) is 0 Å². The number of allylic oxidation sites excluding steroid dienone is 1. The Hall–Kier alpha value is -2.04. The lowest BCUT2D eigenvalue weighted by atomic mass is 10.1. The maximum atomic E-state index is 3.40. The van der Waals surface area contributed by atoms with Crippen LogP contribution in [0, 0.1) is 18.8 Å². The van der Waals surface area contributed by atoms with Crippen molar-refractivity contribution in [2.75, 3.05) is 0 Å². The summed E-state index contributed by atoms with van der Waals surface area (Å²) in [5.74, 6) is 6.73. The molecule has 2 aromatic carbocycles. The van der Waals surface area contributed by atoms with Gasteiger partial charge in [0.1, 0.15) is 0 Å². The van der Waals surface area contributed by atoms with E-state index >= 15 is 0 Å². The zero-order valence-electron chi connectivity index (χ0n) is 13.3. The molecule has 0 heterocycles. The lowest BCUT2D eigenvalue weighted by Crippen LogP contribution is -2.16. The van der Waals surface area contributed by atoms with E-state index in [1.165, 1.54) is 11.1 Å². The summed E-state index contributed by atoms with van der Waals surface area (Å²) in [6, 6.07) is 18.7. The van der Waals surface area contributed by atoms with Crippen molar-refractivity contribution < 1.29 is 0 Å². The van der Waals surface area contributed by atoms with Gasteiger partial charge in [0.25, 0.3) is 0 Å². The molecular formula is C20H22Si. The molecule has 0 saturated carbocycles. The molecule has 0 aliphatic heterocycles. The molecule has 0 aliphatic rings. The van der Waals surface area contributed by atoms with Gasteiger partial charge in [-0.2, -0.15) is 0 Å². The molecular weight excluding hydrogens is 268 g/mol. The van der Waals surface area contributed by atoms with Gasteiger partial charge in [0.2, 0.25) is 0 Å². The molecule has 0 radical (unpaired) electrons. The van der Waals surface area contributed by atoms with E-state index in [0.717, 1.165) is 11.1 Å². The summed E-state index contributed by atoms with van der Waals surface area (Å²) in [4.78, 5) is 0. The smallest absolute Gasteiger partial charge is 0.0703 e. The molecule has 2 rings (SSSR count). The van der Waals surface area contributed by atoms with Gasteiger partial charge in [-0.1, -0.05) is 85.7 Å².